The molecule has 0 bridgehead atoms. The van der Waals surface area contributed by atoms with Gasteiger partial charge in [-0.2, -0.15) is 5.26 Å². The van der Waals surface area contributed by atoms with Gasteiger partial charge >= 0.3 is 0 Å². The molecule has 0 saturated heterocycles. The van der Waals surface area contributed by atoms with Gasteiger partial charge < -0.3 is 9.47 Å². The first-order chi connectivity index (χ1) is 29.3. The van der Waals surface area contributed by atoms with Crippen LogP contribution in [0.2, 0.25) is 0 Å². The lowest BCUT2D eigenvalue weighted by atomic mass is 9.89. The molecule has 7 aromatic carbocycles. The summed E-state index contributed by atoms with van der Waals surface area (Å²) in [6.45, 7) is 16.6. The summed E-state index contributed by atoms with van der Waals surface area (Å²) in [5.41, 5.74) is 16.9. The minimum absolute atomic E-state index is 0.584. The van der Waals surface area contributed by atoms with Gasteiger partial charge in [0.1, 0.15) is 0 Å². The number of aromatic nitrogens is 1. The van der Waals surface area contributed by atoms with E-state index in [1.54, 1.807) is 0 Å². The molecule has 0 unspecified atom stereocenters. The van der Waals surface area contributed by atoms with Crippen LogP contribution in [0.25, 0.3) is 55.8 Å². The number of rotatable bonds is 11. The van der Waals surface area contributed by atoms with Crippen molar-refractivity contribution in [2.45, 2.75) is 27.7 Å². The molecule has 60 heavy (non-hydrogen) atoms. The molecule has 1 heterocycles. The highest BCUT2D eigenvalue weighted by Gasteiger charge is 2.21. The number of benzene rings is 7. The van der Waals surface area contributed by atoms with Crippen LogP contribution in [0.5, 0.6) is 0 Å². The fourth-order valence-corrected chi connectivity index (χ4v) is 8.20. The molecule has 0 amide bonds. The van der Waals surface area contributed by atoms with Crippen LogP contribution < -0.4 is 4.90 Å². The number of allylic oxidation sites excluding steroid dienone is 4. The van der Waals surface area contributed by atoms with Gasteiger partial charge in [-0.25, -0.2) is 0 Å². The number of para-hydroxylation sites is 4. The lowest BCUT2D eigenvalue weighted by Gasteiger charge is -2.29. The Morgan fingerprint density at radius 3 is 2.05 bits per heavy atom. The first-order valence-electron chi connectivity index (χ1n) is 20.2. The third kappa shape index (κ3) is 7.41. The van der Waals surface area contributed by atoms with E-state index < -0.39 is 0 Å². The van der Waals surface area contributed by atoms with Gasteiger partial charge in [0.05, 0.1) is 28.4 Å². The molecule has 0 N–H and O–H groups in total. The first-order valence-corrected chi connectivity index (χ1v) is 20.2. The maximum absolute atomic E-state index is 9.83. The molecule has 1 aromatic heterocycles. The van der Waals surface area contributed by atoms with Crippen molar-refractivity contribution in [2.24, 2.45) is 4.99 Å². The first kappa shape index (κ1) is 39.1. The van der Waals surface area contributed by atoms with Crippen molar-refractivity contribution >= 4 is 50.7 Å². The number of hydrogen-bond acceptors (Lipinski definition) is 3. The molecule has 290 valence electrons. The molecule has 8 rings (SSSR count). The Balaban J connectivity index is 1.45. The fraction of sp³-hybridized carbons (Fsp3) is 0.0714. The van der Waals surface area contributed by atoms with Crippen molar-refractivity contribution < 1.29 is 0 Å². The lowest BCUT2D eigenvalue weighted by Crippen LogP contribution is -2.17. The molecular weight excluding hydrogens is 729 g/mol. The number of nitriles is 1. The van der Waals surface area contributed by atoms with Crippen LogP contribution in [0.3, 0.4) is 0 Å². The number of anilines is 2. The zero-order chi connectivity index (χ0) is 41.8. The van der Waals surface area contributed by atoms with Gasteiger partial charge in [0.2, 0.25) is 0 Å². The van der Waals surface area contributed by atoms with Gasteiger partial charge in [0, 0.05) is 44.8 Å². The summed E-state index contributed by atoms with van der Waals surface area (Å²) in [7, 11) is 0. The Morgan fingerprint density at radius 1 is 0.700 bits per heavy atom. The summed E-state index contributed by atoms with van der Waals surface area (Å²) in [6, 6.07) is 55.6. The molecule has 0 aliphatic heterocycles. The summed E-state index contributed by atoms with van der Waals surface area (Å²) in [6.07, 6.45) is 9.94. The highest BCUT2D eigenvalue weighted by molar-refractivity contribution is 6.10. The quantitative estimate of drug-likeness (QED) is 0.0970. The highest BCUT2D eigenvalue weighted by atomic mass is 15.2. The number of aliphatic imine (C=N–C) groups is 1. The zero-order valence-electron chi connectivity index (χ0n) is 34.5. The van der Waals surface area contributed by atoms with Crippen LogP contribution in [0.15, 0.2) is 200 Å². The van der Waals surface area contributed by atoms with E-state index in [2.05, 4.69) is 189 Å². The highest BCUT2D eigenvalue weighted by Crippen LogP contribution is 2.41. The fourth-order valence-electron chi connectivity index (χ4n) is 8.20. The van der Waals surface area contributed by atoms with Gasteiger partial charge in [-0.15, -0.1) is 0 Å². The summed E-state index contributed by atoms with van der Waals surface area (Å²) in [4.78, 5) is 7.48. The third-order valence-electron chi connectivity index (χ3n) is 11.1. The maximum Gasteiger partial charge on any atom is 0.0991 e. The van der Waals surface area contributed by atoms with Crippen molar-refractivity contribution in [3.63, 3.8) is 0 Å². The molecule has 0 fully saturated rings. The van der Waals surface area contributed by atoms with Crippen LogP contribution in [0, 0.1) is 25.2 Å². The van der Waals surface area contributed by atoms with E-state index in [1.807, 2.05) is 49.4 Å². The van der Waals surface area contributed by atoms with E-state index in [0.717, 1.165) is 89.7 Å². The minimum Gasteiger partial charge on any atom is -0.310 e. The summed E-state index contributed by atoms with van der Waals surface area (Å²) >= 11 is 0. The van der Waals surface area contributed by atoms with Gasteiger partial charge in [0.15, 0.2) is 0 Å². The molecular formula is C56H46N4. The normalized spacial score (nSPS) is 11.9. The maximum atomic E-state index is 9.83. The predicted molar refractivity (Wildman–Crippen MR) is 256 cm³/mol. The van der Waals surface area contributed by atoms with Crippen LogP contribution >= 0.6 is 0 Å². The second kappa shape index (κ2) is 17.0. The average molecular weight is 775 g/mol. The van der Waals surface area contributed by atoms with Crippen molar-refractivity contribution in [1.82, 2.24) is 4.57 Å². The summed E-state index contributed by atoms with van der Waals surface area (Å²) < 4.78 is 2.38. The van der Waals surface area contributed by atoms with Crippen LogP contribution in [-0.4, -0.2) is 10.3 Å². The monoisotopic (exact) mass is 774 g/mol. The molecule has 0 aliphatic carbocycles. The van der Waals surface area contributed by atoms with Crippen molar-refractivity contribution in [3.8, 4) is 34.0 Å². The molecule has 0 atom stereocenters. The standard InChI is InChI=1S/C56H46N4/c1-7-18-45(19-8-2)59(54-25-15-11-21-39(54)5)46-33-44(34-47(36-46)60-55-26-16-12-22-50(55)51-23-13-17-27-56(51)60)43-29-31-48(40(6)58-53-24-14-10-20-38(53)4)52(35-43)49-30-28-41(37-57)32-42(49)9-3/h7-36H,1,3H2,2,4-6H3/b19-8-,45-18+,58-40?. The van der Waals surface area contributed by atoms with Crippen molar-refractivity contribution in [1.29, 1.82) is 5.26 Å². The smallest absolute Gasteiger partial charge is 0.0991 e. The van der Waals surface area contributed by atoms with Gasteiger partial charge in [-0.1, -0.05) is 122 Å². The van der Waals surface area contributed by atoms with E-state index >= 15 is 0 Å². The van der Waals surface area contributed by atoms with E-state index in [1.165, 1.54) is 10.8 Å². The minimum atomic E-state index is 0.584. The number of aryl methyl sites for hydroxylation is 2. The van der Waals surface area contributed by atoms with Gasteiger partial charge in [-0.3, -0.25) is 4.99 Å². The van der Waals surface area contributed by atoms with E-state index in [9.17, 15) is 5.26 Å². The van der Waals surface area contributed by atoms with Gasteiger partial charge in [-0.05, 0) is 139 Å². The summed E-state index contributed by atoms with van der Waals surface area (Å²) in [5, 5.41) is 12.2. The number of fused-ring (bicyclic) bond motifs is 3. The molecule has 4 heteroatoms. The average Bonchev–Trinajstić information content (AvgIpc) is 3.62. The van der Waals surface area contributed by atoms with Crippen LogP contribution in [0.4, 0.5) is 17.1 Å². The van der Waals surface area contributed by atoms with Crippen molar-refractivity contribution in [2.75, 3.05) is 4.90 Å². The summed E-state index contributed by atoms with van der Waals surface area (Å²) in [5.74, 6) is 0. The van der Waals surface area contributed by atoms with E-state index in [4.69, 9.17) is 4.99 Å². The topological polar surface area (TPSA) is 44.3 Å². The predicted octanol–water partition coefficient (Wildman–Crippen LogP) is 15.2. The van der Waals surface area contributed by atoms with Gasteiger partial charge in [0.25, 0.3) is 0 Å². The third-order valence-corrected chi connectivity index (χ3v) is 11.1. The number of nitrogens with zero attached hydrogens (tertiary/aromatic N) is 4. The molecule has 0 saturated carbocycles. The largest absolute Gasteiger partial charge is 0.310 e. The lowest BCUT2D eigenvalue weighted by molar-refractivity contribution is 1.15. The second-order valence-electron chi connectivity index (χ2n) is 14.9. The van der Waals surface area contributed by atoms with E-state index in [-0.39, 0.29) is 0 Å². The van der Waals surface area contributed by atoms with Crippen LogP contribution in [-0.2, 0) is 0 Å². The Morgan fingerprint density at radius 2 is 1.38 bits per heavy atom. The molecule has 0 radical (unpaired) electrons. The molecule has 8 aromatic rings. The number of hydrogen-bond donors (Lipinski definition) is 0. The zero-order valence-corrected chi connectivity index (χ0v) is 34.5. The Labute approximate surface area is 353 Å². The van der Waals surface area contributed by atoms with E-state index in [0.29, 0.717) is 5.56 Å². The Hall–Kier alpha value is -7.74. The Kier molecular flexibility index (Phi) is 11.1. The Bertz CT molecular complexity index is 3040. The SMILES string of the molecule is C=C/C=C(\C=C/C)N(c1cc(-c2ccc(C(C)=Nc3ccccc3C)c(-c3ccc(C#N)cc3C=C)c2)cc(-n2c3ccccc3c3ccccc32)c1)c1ccccc1C. The molecule has 0 spiro atoms. The molecule has 4 nitrogen and oxygen atoms in total. The second-order valence-corrected chi connectivity index (χ2v) is 14.9. The van der Waals surface area contributed by atoms with Crippen molar-refractivity contribution in [3.05, 3.63) is 223 Å². The molecule has 0 aliphatic rings. The van der Waals surface area contributed by atoms with Crippen LogP contribution in [0.1, 0.15) is 41.7 Å².